The van der Waals surface area contributed by atoms with Crippen molar-refractivity contribution in [1.82, 2.24) is 10.1 Å². The molecule has 1 saturated carbocycles. The van der Waals surface area contributed by atoms with Crippen LogP contribution in [0.1, 0.15) is 37.9 Å². The van der Waals surface area contributed by atoms with Crippen LogP contribution in [-0.4, -0.2) is 10.1 Å². The standard InChI is InChI=1S/C14H16N2O/c1-10-7-8-12(9-10)13-15-14(17-16-13)11-5-3-2-4-6-11/h2-6,10,12H,7-9H2,1H3/t10-,12-/m0/s1. The molecule has 0 radical (unpaired) electrons. The zero-order valence-electron chi connectivity index (χ0n) is 9.97. The Morgan fingerprint density at radius 1 is 1.18 bits per heavy atom. The predicted octanol–water partition coefficient (Wildman–Crippen LogP) is 3.64. The SMILES string of the molecule is C[C@H]1CC[C@H](c2noc(-c3ccccc3)n2)C1. The Morgan fingerprint density at radius 3 is 2.71 bits per heavy atom. The van der Waals surface area contributed by atoms with Crippen molar-refractivity contribution in [2.45, 2.75) is 32.1 Å². The molecule has 2 atom stereocenters. The summed E-state index contributed by atoms with van der Waals surface area (Å²) in [5.41, 5.74) is 0.997. The largest absolute Gasteiger partial charge is 0.334 e. The zero-order chi connectivity index (χ0) is 11.7. The molecule has 1 fully saturated rings. The third-order valence-electron chi connectivity index (χ3n) is 3.52. The van der Waals surface area contributed by atoms with E-state index in [4.69, 9.17) is 4.52 Å². The summed E-state index contributed by atoms with van der Waals surface area (Å²) in [6, 6.07) is 9.94. The second kappa shape index (κ2) is 4.32. The lowest BCUT2D eigenvalue weighted by Crippen LogP contribution is -1.95. The predicted molar refractivity (Wildman–Crippen MR) is 65.5 cm³/mol. The van der Waals surface area contributed by atoms with Crippen LogP contribution in [0.5, 0.6) is 0 Å². The zero-order valence-corrected chi connectivity index (χ0v) is 9.97. The van der Waals surface area contributed by atoms with Crippen molar-refractivity contribution < 1.29 is 4.52 Å². The van der Waals surface area contributed by atoms with Crippen LogP contribution in [0.25, 0.3) is 11.5 Å². The molecule has 0 bridgehead atoms. The Hall–Kier alpha value is -1.64. The van der Waals surface area contributed by atoms with Crippen molar-refractivity contribution in [3.63, 3.8) is 0 Å². The van der Waals surface area contributed by atoms with Crippen molar-refractivity contribution in [2.24, 2.45) is 5.92 Å². The molecule has 1 aromatic carbocycles. The van der Waals surface area contributed by atoms with Crippen LogP contribution < -0.4 is 0 Å². The van der Waals surface area contributed by atoms with Gasteiger partial charge in [0.15, 0.2) is 5.82 Å². The summed E-state index contributed by atoms with van der Waals surface area (Å²) >= 11 is 0. The Morgan fingerprint density at radius 2 is 2.00 bits per heavy atom. The van der Waals surface area contributed by atoms with Gasteiger partial charge in [-0.15, -0.1) is 0 Å². The molecule has 1 aliphatic rings. The Labute approximate surface area is 101 Å². The van der Waals surface area contributed by atoms with Gasteiger partial charge in [-0.1, -0.05) is 30.3 Å². The first-order valence-corrected chi connectivity index (χ1v) is 6.22. The third kappa shape index (κ3) is 2.09. The molecule has 1 aromatic heterocycles. The van der Waals surface area contributed by atoms with E-state index >= 15 is 0 Å². The van der Waals surface area contributed by atoms with Crippen LogP contribution in [0.2, 0.25) is 0 Å². The summed E-state index contributed by atoms with van der Waals surface area (Å²) in [5.74, 6) is 2.80. The van der Waals surface area contributed by atoms with Gasteiger partial charge in [-0.2, -0.15) is 4.98 Å². The van der Waals surface area contributed by atoms with E-state index in [9.17, 15) is 0 Å². The summed E-state index contributed by atoms with van der Waals surface area (Å²) in [7, 11) is 0. The van der Waals surface area contributed by atoms with E-state index in [1.165, 1.54) is 19.3 Å². The average molecular weight is 228 g/mol. The molecular weight excluding hydrogens is 212 g/mol. The molecule has 1 aliphatic carbocycles. The van der Waals surface area contributed by atoms with Crippen molar-refractivity contribution in [1.29, 1.82) is 0 Å². The number of nitrogens with zero attached hydrogens (tertiary/aromatic N) is 2. The second-order valence-corrected chi connectivity index (χ2v) is 4.94. The number of benzene rings is 1. The van der Waals surface area contributed by atoms with Crippen molar-refractivity contribution in [2.75, 3.05) is 0 Å². The van der Waals surface area contributed by atoms with Gasteiger partial charge < -0.3 is 4.52 Å². The fourth-order valence-electron chi connectivity index (χ4n) is 2.54. The van der Waals surface area contributed by atoms with Gasteiger partial charge in [-0.3, -0.25) is 0 Å². The molecule has 88 valence electrons. The van der Waals surface area contributed by atoms with Gasteiger partial charge in [0.05, 0.1) is 0 Å². The fourth-order valence-corrected chi connectivity index (χ4v) is 2.54. The molecule has 0 unspecified atom stereocenters. The molecule has 3 rings (SSSR count). The summed E-state index contributed by atoms with van der Waals surface area (Å²) in [5, 5.41) is 4.12. The van der Waals surface area contributed by atoms with Gasteiger partial charge in [0, 0.05) is 11.5 Å². The first kappa shape index (κ1) is 10.5. The third-order valence-corrected chi connectivity index (χ3v) is 3.52. The molecule has 0 amide bonds. The number of rotatable bonds is 2. The van der Waals surface area contributed by atoms with Gasteiger partial charge in [0.2, 0.25) is 0 Å². The van der Waals surface area contributed by atoms with Gasteiger partial charge in [0.1, 0.15) is 0 Å². The summed E-state index contributed by atoms with van der Waals surface area (Å²) < 4.78 is 5.34. The smallest absolute Gasteiger partial charge is 0.257 e. The first-order valence-electron chi connectivity index (χ1n) is 6.22. The normalized spacial score (nSPS) is 24.1. The lowest BCUT2D eigenvalue weighted by molar-refractivity contribution is 0.414. The molecule has 0 spiro atoms. The van der Waals surface area contributed by atoms with E-state index in [1.54, 1.807) is 0 Å². The minimum atomic E-state index is 0.492. The number of hydrogen-bond acceptors (Lipinski definition) is 3. The first-order chi connectivity index (χ1) is 8.33. The highest BCUT2D eigenvalue weighted by Crippen LogP contribution is 2.37. The number of aromatic nitrogens is 2. The Kier molecular flexibility index (Phi) is 2.67. The van der Waals surface area contributed by atoms with E-state index in [1.807, 2.05) is 30.3 Å². The van der Waals surface area contributed by atoms with Crippen LogP contribution >= 0.6 is 0 Å². The second-order valence-electron chi connectivity index (χ2n) is 4.94. The highest BCUT2D eigenvalue weighted by molar-refractivity contribution is 5.52. The summed E-state index contributed by atoms with van der Waals surface area (Å²) in [4.78, 5) is 4.52. The Bertz CT molecular complexity index is 492. The molecule has 0 saturated heterocycles. The molecule has 3 heteroatoms. The van der Waals surface area contributed by atoms with Gasteiger partial charge in [-0.05, 0) is 37.3 Å². The number of hydrogen-bond donors (Lipinski definition) is 0. The molecular formula is C14H16N2O. The average Bonchev–Trinajstić information content (AvgIpc) is 2.98. The molecule has 17 heavy (non-hydrogen) atoms. The van der Waals surface area contributed by atoms with E-state index in [0.29, 0.717) is 11.8 Å². The molecule has 3 nitrogen and oxygen atoms in total. The molecule has 1 heterocycles. The van der Waals surface area contributed by atoms with Gasteiger partial charge >= 0.3 is 0 Å². The molecule has 0 aliphatic heterocycles. The van der Waals surface area contributed by atoms with Gasteiger partial charge in [0.25, 0.3) is 5.89 Å². The van der Waals surface area contributed by atoms with Crippen LogP contribution in [0.4, 0.5) is 0 Å². The Balaban J connectivity index is 1.84. The van der Waals surface area contributed by atoms with Crippen molar-refractivity contribution in [3.8, 4) is 11.5 Å². The lowest BCUT2D eigenvalue weighted by atomic mass is 10.1. The van der Waals surface area contributed by atoms with Crippen molar-refractivity contribution >= 4 is 0 Å². The van der Waals surface area contributed by atoms with Crippen LogP contribution in [0, 0.1) is 5.92 Å². The maximum absolute atomic E-state index is 5.34. The maximum Gasteiger partial charge on any atom is 0.257 e. The van der Waals surface area contributed by atoms with E-state index in [0.717, 1.165) is 17.3 Å². The topological polar surface area (TPSA) is 38.9 Å². The fraction of sp³-hybridized carbons (Fsp3) is 0.429. The highest BCUT2D eigenvalue weighted by atomic mass is 16.5. The monoisotopic (exact) mass is 228 g/mol. The van der Waals surface area contributed by atoms with E-state index in [2.05, 4.69) is 17.1 Å². The van der Waals surface area contributed by atoms with E-state index < -0.39 is 0 Å². The molecule has 2 aromatic rings. The highest BCUT2D eigenvalue weighted by Gasteiger charge is 2.26. The lowest BCUT2D eigenvalue weighted by Gasteiger charge is -2.01. The van der Waals surface area contributed by atoms with Crippen LogP contribution in [0.15, 0.2) is 34.9 Å². The summed E-state index contributed by atoms with van der Waals surface area (Å²) in [6.45, 7) is 2.29. The van der Waals surface area contributed by atoms with Gasteiger partial charge in [-0.25, -0.2) is 0 Å². The molecule has 0 N–H and O–H groups in total. The quantitative estimate of drug-likeness (QED) is 0.787. The minimum absolute atomic E-state index is 0.492. The maximum atomic E-state index is 5.34. The van der Waals surface area contributed by atoms with Crippen molar-refractivity contribution in [3.05, 3.63) is 36.2 Å². The summed E-state index contributed by atoms with van der Waals surface area (Å²) in [6.07, 6.45) is 3.66. The van der Waals surface area contributed by atoms with Crippen LogP contribution in [0.3, 0.4) is 0 Å². The minimum Gasteiger partial charge on any atom is -0.334 e. The van der Waals surface area contributed by atoms with Crippen LogP contribution in [-0.2, 0) is 0 Å². The van der Waals surface area contributed by atoms with E-state index in [-0.39, 0.29) is 0 Å².